The largest absolute Gasteiger partial charge is 0.453 e. The van der Waals surface area contributed by atoms with E-state index < -0.39 is 47.7 Å². The fourth-order valence-electron chi connectivity index (χ4n) is 3.62. The number of halogens is 1. The zero-order valence-corrected chi connectivity index (χ0v) is 18.0. The molecule has 1 amide bonds. The second-order valence-corrected chi connectivity index (χ2v) is 7.60. The van der Waals surface area contributed by atoms with Crippen LogP contribution in [0.5, 0.6) is 0 Å². The molecule has 3 aromatic rings. The molecule has 0 bridgehead atoms. The number of nitrogens with two attached hydrogens (primary N) is 1. The predicted molar refractivity (Wildman–Crippen MR) is 118 cm³/mol. The van der Waals surface area contributed by atoms with Gasteiger partial charge in [0.05, 0.1) is 18.8 Å². The van der Waals surface area contributed by atoms with Crippen LogP contribution in [0.4, 0.5) is 4.39 Å². The number of benzene rings is 2. The Morgan fingerprint density at radius 3 is 2.44 bits per heavy atom. The van der Waals surface area contributed by atoms with Crippen molar-refractivity contribution in [1.82, 2.24) is 9.55 Å². The highest BCUT2D eigenvalue weighted by Gasteiger charge is 2.49. The van der Waals surface area contributed by atoms with Crippen molar-refractivity contribution < 1.29 is 28.2 Å². The van der Waals surface area contributed by atoms with E-state index >= 15 is 4.39 Å². The summed E-state index contributed by atoms with van der Waals surface area (Å²) in [7, 11) is 0. The van der Waals surface area contributed by atoms with E-state index in [2.05, 4.69) is 4.98 Å². The molecule has 1 aliphatic rings. The molecule has 2 heterocycles. The molecule has 0 spiro atoms. The first-order chi connectivity index (χ1) is 16.5. The Kier molecular flexibility index (Phi) is 7.09. The smallest absolute Gasteiger partial charge is 0.338 e. The van der Waals surface area contributed by atoms with E-state index in [0.29, 0.717) is 0 Å². The zero-order valence-electron chi connectivity index (χ0n) is 18.0. The van der Waals surface area contributed by atoms with Gasteiger partial charge in [-0.05, 0) is 17.7 Å². The Morgan fingerprint density at radius 2 is 1.76 bits per heavy atom. The highest BCUT2D eigenvalue weighted by atomic mass is 19.1. The van der Waals surface area contributed by atoms with Gasteiger partial charge in [-0.15, -0.1) is 0 Å². The summed E-state index contributed by atoms with van der Waals surface area (Å²) in [6.45, 7) is 0.115. The van der Waals surface area contributed by atoms with Crippen molar-refractivity contribution in [1.29, 1.82) is 0 Å². The minimum atomic E-state index is -1.93. The molecule has 0 aliphatic carbocycles. The van der Waals surface area contributed by atoms with Crippen LogP contribution in [0.1, 0.15) is 32.6 Å². The molecule has 4 rings (SSSR count). The van der Waals surface area contributed by atoms with Gasteiger partial charge in [-0.1, -0.05) is 48.5 Å². The molecule has 1 aromatic heterocycles. The fourth-order valence-corrected chi connectivity index (χ4v) is 3.62. The molecule has 2 aromatic carbocycles. The minimum absolute atomic E-state index is 0.110. The van der Waals surface area contributed by atoms with E-state index in [9.17, 15) is 14.4 Å². The Balaban J connectivity index is 1.56. The molecule has 2 N–H and O–H groups in total. The number of ether oxygens (including phenoxy) is 3. The molecule has 1 fully saturated rings. The lowest BCUT2D eigenvalue weighted by molar-refractivity contribution is -0.0715. The molecule has 0 saturated carbocycles. The summed E-state index contributed by atoms with van der Waals surface area (Å²) in [5.74, 6) is -1.80. The molecule has 176 valence electrons. The van der Waals surface area contributed by atoms with Gasteiger partial charge in [-0.25, -0.2) is 14.2 Å². The number of primary amides is 1. The molecule has 1 saturated heterocycles. The lowest BCUT2D eigenvalue weighted by Crippen LogP contribution is -2.38. The number of esters is 1. The van der Waals surface area contributed by atoms with Gasteiger partial charge in [0.25, 0.3) is 11.5 Å². The van der Waals surface area contributed by atoms with Crippen LogP contribution >= 0.6 is 0 Å². The van der Waals surface area contributed by atoms with E-state index in [0.717, 1.165) is 16.3 Å². The zero-order chi connectivity index (χ0) is 24.1. The van der Waals surface area contributed by atoms with E-state index in [1.165, 1.54) is 18.3 Å². The quantitative estimate of drug-likeness (QED) is 0.503. The van der Waals surface area contributed by atoms with E-state index in [1.54, 1.807) is 18.2 Å². The molecule has 0 unspecified atom stereocenters. The Hall–Kier alpha value is -3.89. The molecule has 1 aliphatic heterocycles. The van der Waals surface area contributed by atoms with Crippen molar-refractivity contribution in [2.75, 3.05) is 6.61 Å². The number of amides is 1. The monoisotopic (exact) mass is 467 g/mol. The van der Waals surface area contributed by atoms with E-state index in [-0.39, 0.29) is 18.8 Å². The maximum atomic E-state index is 15.6. The highest BCUT2D eigenvalue weighted by molar-refractivity contribution is 5.90. The number of carbonyl (C=O) groups is 2. The maximum Gasteiger partial charge on any atom is 0.338 e. The molecule has 10 heteroatoms. The van der Waals surface area contributed by atoms with Gasteiger partial charge < -0.3 is 19.9 Å². The van der Waals surface area contributed by atoms with Crippen LogP contribution in [-0.2, 0) is 20.8 Å². The molecular formula is C24H22FN3O6. The van der Waals surface area contributed by atoms with Crippen LogP contribution in [0.15, 0.2) is 77.9 Å². The van der Waals surface area contributed by atoms with Crippen LogP contribution in [0, 0.1) is 0 Å². The molecule has 0 radical (unpaired) electrons. The van der Waals surface area contributed by atoms with E-state index in [1.807, 2.05) is 30.3 Å². The normalized spacial score (nSPS) is 21.8. The Labute approximate surface area is 193 Å². The second-order valence-electron chi connectivity index (χ2n) is 7.60. The number of carbonyl (C=O) groups excluding carboxylic acids is 2. The topological polar surface area (TPSA) is 123 Å². The summed E-state index contributed by atoms with van der Waals surface area (Å²) in [5.41, 5.74) is 4.84. The van der Waals surface area contributed by atoms with Gasteiger partial charge in [0.15, 0.2) is 24.2 Å². The SMILES string of the molecule is NC(=O)c1nccn([C@@H]2O[C@H](COCc3ccccc3)[C@@H](OC(=O)c3ccccc3)[C@H]2F)c1=O. The number of aromatic nitrogens is 2. The standard InChI is InChI=1S/C24H22FN3O6/c25-18-20(34-24(31)16-9-5-2-6-10-16)17(14-32-13-15-7-3-1-4-8-15)33-23(18)28-12-11-27-19(21(26)29)22(28)30/h1-12,17-18,20,23H,13-14H2,(H2,26,29)/t17-,18-,20-,23-/m1/s1. The number of alkyl halides is 1. The second kappa shape index (κ2) is 10.4. The van der Waals surface area contributed by atoms with Crippen LogP contribution in [0.25, 0.3) is 0 Å². The van der Waals surface area contributed by atoms with Crippen LogP contribution < -0.4 is 11.3 Å². The average Bonchev–Trinajstić information content (AvgIpc) is 3.15. The van der Waals surface area contributed by atoms with Crippen LogP contribution in [0.2, 0.25) is 0 Å². The number of hydrogen-bond acceptors (Lipinski definition) is 7. The highest BCUT2D eigenvalue weighted by Crippen LogP contribution is 2.34. The third-order valence-electron chi connectivity index (χ3n) is 5.29. The first kappa shape index (κ1) is 23.3. The maximum absolute atomic E-state index is 15.6. The third-order valence-corrected chi connectivity index (χ3v) is 5.29. The van der Waals surface area contributed by atoms with Gasteiger partial charge in [-0.3, -0.25) is 14.2 Å². The van der Waals surface area contributed by atoms with Gasteiger partial charge in [0, 0.05) is 12.4 Å². The summed E-state index contributed by atoms with van der Waals surface area (Å²) in [4.78, 5) is 40.4. The predicted octanol–water partition coefficient (Wildman–Crippen LogP) is 2.02. The van der Waals surface area contributed by atoms with Crippen LogP contribution in [-0.4, -0.2) is 46.4 Å². The van der Waals surface area contributed by atoms with Gasteiger partial charge >= 0.3 is 5.97 Å². The van der Waals surface area contributed by atoms with Crippen LogP contribution in [0.3, 0.4) is 0 Å². The van der Waals surface area contributed by atoms with Gasteiger partial charge in [0.2, 0.25) is 0 Å². The summed E-state index contributed by atoms with van der Waals surface area (Å²) >= 11 is 0. The molecular weight excluding hydrogens is 445 g/mol. The average molecular weight is 467 g/mol. The van der Waals surface area contributed by atoms with Crippen molar-refractivity contribution in [3.63, 3.8) is 0 Å². The van der Waals surface area contributed by atoms with Crippen molar-refractivity contribution in [2.45, 2.75) is 31.2 Å². The first-order valence-electron chi connectivity index (χ1n) is 10.5. The summed E-state index contributed by atoms with van der Waals surface area (Å²) < 4.78 is 33.4. The molecule has 9 nitrogen and oxygen atoms in total. The summed E-state index contributed by atoms with van der Waals surface area (Å²) in [6, 6.07) is 17.4. The third kappa shape index (κ3) is 5.03. The number of hydrogen-bond donors (Lipinski definition) is 1. The Morgan fingerprint density at radius 1 is 1.09 bits per heavy atom. The summed E-state index contributed by atoms with van der Waals surface area (Å²) in [5, 5.41) is 0. The van der Waals surface area contributed by atoms with Gasteiger partial charge in [0.1, 0.15) is 6.10 Å². The van der Waals surface area contributed by atoms with Crippen molar-refractivity contribution in [3.05, 3.63) is 100 Å². The molecule has 34 heavy (non-hydrogen) atoms. The number of rotatable bonds is 8. The van der Waals surface area contributed by atoms with Crippen molar-refractivity contribution in [3.8, 4) is 0 Å². The molecule has 4 atom stereocenters. The van der Waals surface area contributed by atoms with E-state index in [4.69, 9.17) is 19.9 Å². The van der Waals surface area contributed by atoms with Crippen molar-refractivity contribution in [2.24, 2.45) is 5.73 Å². The lowest BCUT2D eigenvalue weighted by atomic mass is 10.1. The lowest BCUT2D eigenvalue weighted by Gasteiger charge is -2.20. The first-order valence-corrected chi connectivity index (χ1v) is 10.5. The number of nitrogens with zero attached hydrogens (tertiary/aromatic N) is 2. The summed E-state index contributed by atoms with van der Waals surface area (Å²) in [6.07, 6.45) is -3.48. The van der Waals surface area contributed by atoms with Gasteiger partial charge in [-0.2, -0.15) is 0 Å². The Bertz CT molecular complexity index is 1200. The van der Waals surface area contributed by atoms with Crippen molar-refractivity contribution >= 4 is 11.9 Å². The minimum Gasteiger partial charge on any atom is -0.453 e. The fraction of sp³-hybridized carbons (Fsp3) is 0.250.